The third kappa shape index (κ3) is 4.58. The molecule has 1 aromatic carbocycles. The molecule has 0 atom stereocenters. The Kier molecular flexibility index (Phi) is 6.27. The molecule has 0 bridgehead atoms. The summed E-state index contributed by atoms with van der Waals surface area (Å²) in [6.45, 7) is 0.676. The standard InChI is InChI=1S/C14H19Cl2N3O3S/c1-18(23(21,22)19-8-3-2-4-9-19)10-13(20)17-14-11(15)6-5-7-12(14)16/h5-7H,2-4,8-10H2,1H3,(H,17,20). The van der Waals surface area contributed by atoms with E-state index in [4.69, 9.17) is 23.2 Å². The van der Waals surface area contributed by atoms with Gasteiger partial charge in [0.05, 0.1) is 22.3 Å². The molecule has 1 aliphatic heterocycles. The maximum atomic E-state index is 12.4. The van der Waals surface area contributed by atoms with Crippen LogP contribution < -0.4 is 5.32 Å². The molecule has 1 N–H and O–H groups in total. The maximum absolute atomic E-state index is 12.4. The molecule has 0 saturated carbocycles. The Morgan fingerprint density at radius 2 is 1.78 bits per heavy atom. The minimum Gasteiger partial charge on any atom is -0.322 e. The molecule has 1 fully saturated rings. The lowest BCUT2D eigenvalue weighted by molar-refractivity contribution is -0.116. The predicted octanol–water partition coefficient (Wildman–Crippen LogP) is 2.59. The van der Waals surface area contributed by atoms with Gasteiger partial charge in [0.15, 0.2) is 0 Å². The van der Waals surface area contributed by atoms with E-state index in [1.165, 1.54) is 11.4 Å². The van der Waals surface area contributed by atoms with E-state index in [1.54, 1.807) is 18.2 Å². The first-order valence-corrected chi connectivity index (χ1v) is 9.43. The summed E-state index contributed by atoms with van der Waals surface area (Å²) in [4.78, 5) is 12.1. The summed E-state index contributed by atoms with van der Waals surface area (Å²) in [6.07, 6.45) is 2.71. The number of piperidine rings is 1. The number of nitrogens with zero attached hydrogens (tertiary/aromatic N) is 2. The molecule has 6 nitrogen and oxygen atoms in total. The fourth-order valence-corrected chi connectivity index (χ4v) is 4.26. The Bertz CT molecular complexity index is 656. The van der Waals surface area contributed by atoms with Gasteiger partial charge in [-0.15, -0.1) is 0 Å². The van der Waals surface area contributed by atoms with Crippen molar-refractivity contribution < 1.29 is 13.2 Å². The summed E-state index contributed by atoms with van der Waals surface area (Å²) >= 11 is 12.0. The van der Waals surface area contributed by atoms with Crippen molar-refractivity contribution in [2.24, 2.45) is 0 Å². The molecule has 1 amide bonds. The Balaban J connectivity index is 2.02. The summed E-state index contributed by atoms with van der Waals surface area (Å²) < 4.78 is 27.3. The highest BCUT2D eigenvalue weighted by Crippen LogP contribution is 2.29. The number of halogens is 2. The van der Waals surface area contributed by atoms with Crippen molar-refractivity contribution in [3.05, 3.63) is 28.2 Å². The molecule has 0 aromatic heterocycles. The summed E-state index contributed by atoms with van der Waals surface area (Å²) in [5, 5.41) is 3.15. The average Bonchev–Trinajstić information content (AvgIpc) is 2.52. The van der Waals surface area contributed by atoms with Gasteiger partial charge in [0.25, 0.3) is 10.2 Å². The molecule has 1 heterocycles. The van der Waals surface area contributed by atoms with Gasteiger partial charge in [-0.1, -0.05) is 35.7 Å². The summed E-state index contributed by atoms with van der Waals surface area (Å²) in [5.74, 6) is -0.497. The zero-order valence-corrected chi connectivity index (χ0v) is 15.1. The largest absolute Gasteiger partial charge is 0.322 e. The number of carbonyl (C=O) groups excluding carboxylic acids is 1. The van der Waals surface area contributed by atoms with Crippen molar-refractivity contribution in [2.75, 3.05) is 32.0 Å². The fourth-order valence-electron chi connectivity index (χ4n) is 2.37. The van der Waals surface area contributed by atoms with E-state index in [1.807, 2.05) is 0 Å². The molecule has 2 rings (SSSR count). The van der Waals surface area contributed by atoms with Crippen LogP contribution in [-0.4, -0.2) is 49.6 Å². The highest BCUT2D eigenvalue weighted by atomic mass is 35.5. The summed E-state index contributed by atoms with van der Waals surface area (Å²) in [7, 11) is -2.24. The van der Waals surface area contributed by atoms with E-state index < -0.39 is 16.1 Å². The van der Waals surface area contributed by atoms with Gasteiger partial charge in [-0.25, -0.2) is 0 Å². The second kappa shape index (κ2) is 7.81. The van der Waals surface area contributed by atoms with Gasteiger partial charge >= 0.3 is 0 Å². The van der Waals surface area contributed by atoms with Gasteiger partial charge in [0.1, 0.15) is 0 Å². The number of rotatable bonds is 5. The molecule has 1 aromatic rings. The molecule has 1 saturated heterocycles. The molecular weight excluding hydrogens is 361 g/mol. The third-order valence-electron chi connectivity index (χ3n) is 3.63. The Hall–Kier alpha value is -0.860. The lowest BCUT2D eigenvalue weighted by Crippen LogP contribution is -2.46. The maximum Gasteiger partial charge on any atom is 0.282 e. The number of carbonyl (C=O) groups is 1. The highest BCUT2D eigenvalue weighted by Gasteiger charge is 2.29. The molecule has 9 heteroatoms. The van der Waals surface area contributed by atoms with Crippen LogP contribution in [0.15, 0.2) is 18.2 Å². The van der Waals surface area contributed by atoms with Gasteiger partial charge in [0, 0.05) is 20.1 Å². The van der Waals surface area contributed by atoms with Gasteiger partial charge in [-0.2, -0.15) is 17.0 Å². The molecule has 0 unspecified atom stereocenters. The van der Waals surface area contributed by atoms with E-state index in [2.05, 4.69) is 5.32 Å². The lowest BCUT2D eigenvalue weighted by Gasteiger charge is -2.29. The first-order valence-electron chi connectivity index (χ1n) is 7.27. The van der Waals surface area contributed by atoms with E-state index >= 15 is 0 Å². The number of amides is 1. The highest BCUT2D eigenvalue weighted by molar-refractivity contribution is 7.86. The number of hydrogen-bond donors (Lipinski definition) is 1. The van der Waals surface area contributed by atoms with E-state index in [-0.39, 0.29) is 12.2 Å². The predicted molar refractivity (Wildman–Crippen MR) is 92.1 cm³/mol. The van der Waals surface area contributed by atoms with Crippen LogP contribution in [0.2, 0.25) is 10.0 Å². The normalized spacial score (nSPS) is 16.5. The Morgan fingerprint density at radius 1 is 1.22 bits per heavy atom. The van der Waals surface area contributed by atoms with Crippen LogP contribution >= 0.6 is 23.2 Å². The van der Waals surface area contributed by atoms with Crippen molar-refractivity contribution >= 4 is 45.0 Å². The molecule has 0 radical (unpaired) electrons. The van der Waals surface area contributed by atoms with Crippen molar-refractivity contribution in [1.29, 1.82) is 0 Å². The summed E-state index contributed by atoms with van der Waals surface area (Å²) in [6, 6.07) is 4.85. The second-order valence-corrected chi connectivity index (χ2v) is 8.22. The van der Waals surface area contributed by atoms with Crippen molar-refractivity contribution in [3.8, 4) is 0 Å². The lowest BCUT2D eigenvalue weighted by atomic mass is 10.2. The smallest absolute Gasteiger partial charge is 0.282 e. The van der Waals surface area contributed by atoms with E-state index in [0.717, 1.165) is 23.6 Å². The number of hydrogen-bond acceptors (Lipinski definition) is 3. The van der Waals surface area contributed by atoms with Crippen LogP contribution in [0.1, 0.15) is 19.3 Å². The average molecular weight is 380 g/mol. The third-order valence-corrected chi connectivity index (χ3v) is 6.19. The molecule has 23 heavy (non-hydrogen) atoms. The Labute approximate surface area is 146 Å². The van der Waals surface area contributed by atoms with Crippen LogP contribution in [0, 0.1) is 0 Å². The molecule has 1 aliphatic rings. The molecule has 128 valence electrons. The quantitative estimate of drug-likeness (QED) is 0.854. The SMILES string of the molecule is CN(CC(=O)Nc1c(Cl)cccc1Cl)S(=O)(=O)N1CCCCC1. The molecule has 0 spiro atoms. The number of likely N-dealkylation sites (N-methyl/N-ethyl adjacent to an activating group) is 1. The second-order valence-electron chi connectivity index (χ2n) is 5.37. The first kappa shape index (κ1) is 18.5. The molecular formula is C14H19Cl2N3O3S. The topological polar surface area (TPSA) is 69.7 Å². The minimum absolute atomic E-state index is 0.282. The number of benzene rings is 1. The Morgan fingerprint density at radius 3 is 2.35 bits per heavy atom. The first-order chi connectivity index (χ1) is 10.8. The van der Waals surface area contributed by atoms with Crippen LogP contribution in [0.3, 0.4) is 0 Å². The van der Waals surface area contributed by atoms with Crippen LogP contribution in [0.5, 0.6) is 0 Å². The number of para-hydroxylation sites is 1. The monoisotopic (exact) mass is 379 g/mol. The number of nitrogens with one attached hydrogen (secondary N) is 1. The van der Waals surface area contributed by atoms with E-state index in [9.17, 15) is 13.2 Å². The van der Waals surface area contributed by atoms with Gasteiger partial charge < -0.3 is 5.32 Å². The zero-order chi connectivity index (χ0) is 17.0. The minimum atomic E-state index is -3.63. The summed E-state index contributed by atoms with van der Waals surface area (Å²) in [5.41, 5.74) is 0.282. The van der Waals surface area contributed by atoms with Crippen LogP contribution in [0.4, 0.5) is 5.69 Å². The zero-order valence-electron chi connectivity index (χ0n) is 12.8. The van der Waals surface area contributed by atoms with Crippen molar-refractivity contribution in [3.63, 3.8) is 0 Å². The van der Waals surface area contributed by atoms with Crippen molar-refractivity contribution in [1.82, 2.24) is 8.61 Å². The van der Waals surface area contributed by atoms with Crippen LogP contribution in [-0.2, 0) is 15.0 Å². The van der Waals surface area contributed by atoms with Crippen LogP contribution in [0.25, 0.3) is 0 Å². The van der Waals surface area contributed by atoms with E-state index in [0.29, 0.717) is 23.1 Å². The number of anilines is 1. The van der Waals surface area contributed by atoms with Gasteiger partial charge in [-0.3, -0.25) is 4.79 Å². The van der Waals surface area contributed by atoms with Gasteiger partial charge in [0.2, 0.25) is 5.91 Å². The fraction of sp³-hybridized carbons (Fsp3) is 0.500. The molecule has 0 aliphatic carbocycles. The van der Waals surface area contributed by atoms with Gasteiger partial charge in [-0.05, 0) is 25.0 Å². The van der Waals surface area contributed by atoms with Crippen molar-refractivity contribution in [2.45, 2.75) is 19.3 Å².